The van der Waals surface area contributed by atoms with E-state index in [1.54, 1.807) is 27.4 Å². The van der Waals surface area contributed by atoms with Crippen LogP contribution in [0.3, 0.4) is 0 Å². The molecule has 4 rings (SSSR count). The zero-order valence-electron chi connectivity index (χ0n) is 21.0. The van der Waals surface area contributed by atoms with Gasteiger partial charge < -0.3 is 34.3 Å². The number of nitrogens with zero attached hydrogens (tertiary/aromatic N) is 3. The second-order valence-corrected chi connectivity index (χ2v) is 8.45. The first-order chi connectivity index (χ1) is 18.1. The molecule has 1 saturated heterocycles. The Balaban J connectivity index is 0.000000505. The number of carbonyl (C=O) groups is 2. The number of aliphatic carboxylic acids is 1. The Morgan fingerprint density at radius 1 is 1.05 bits per heavy atom. The van der Waals surface area contributed by atoms with Crippen molar-refractivity contribution in [2.75, 3.05) is 59.1 Å². The van der Waals surface area contributed by atoms with Crippen molar-refractivity contribution in [3.05, 3.63) is 41.5 Å². The Hall–Kier alpha value is -3.65. The number of carbonyl (C=O) groups excluding carboxylic acids is 1. The number of amides is 1. The highest BCUT2D eigenvalue weighted by atomic mass is 19.4. The van der Waals surface area contributed by atoms with E-state index in [0.717, 1.165) is 6.54 Å². The molecule has 2 heterocycles. The molecular weight excluding hydrogens is 513 g/mol. The van der Waals surface area contributed by atoms with Crippen LogP contribution >= 0.6 is 0 Å². The van der Waals surface area contributed by atoms with Crippen LogP contribution < -0.4 is 19.7 Å². The van der Waals surface area contributed by atoms with Crippen LogP contribution in [-0.4, -0.2) is 87.4 Å². The van der Waals surface area contributed by atoms with Gasteiger partial charge in [0.25, 0.3) is 0 Å². The van der Waals surface area contributed by atoms with Crippen LogP contribution in [-0.2, 0) is 19.1 Å². The smallest absolute Gasteiger partial charge is 0.481 e. The summed E-state index contributed by atoms with van der Waals surface area (Å²) in [6.45, 7) is 2.34. The van der Waals surface area contributed by atoms with Gasteiger partial charge in [0.2, 0.25) is 23.6 Å². The summed E-state index contributed by atoms with van der Waals surface area (Å²) in [5.74, 6) is -0.926. The van der Waals surface area contributed by atoms with Gasteiger partial charge in [0.05, 0.1) is 39.5 Å². The van der Waals surface area contributed by atoms with E-state index in [1.165, 1.54) is 11.1 Å². The third-order valence-corrected chi connectivity index (χ3v) is 6.12. The van der Waals surface area contributed by atoms with Crippen molar-refractivity contribution < 1.29 is 46.8 Å². The Kier molecular flexibility index (Phi) is 9.69. The fourth-order valence-electron chi connectivity index (χ4n) is 4.47. The fourth-order valence-corrected chi connectivity index (χ4v) is 4.47. The first kappa shape index (κ1) is 28.9. The number of ether oxygens (including phenoxy) is 4. The van der Waals surface area contributed by atoms with Crippen molar-refractivity contribution in [2.45, 2.75) is 18.1 Å². The molecule has 1 aromatic heterocycles. The van der Waals surface area contributed by atoms with Gasteiger partial charge in [-0.25, -0.2) is 4.79 Å². The number of fused-ring (bicyclic) bond motifs is 3. The zero-order chi connectivity index (χ0) is 27.9. The van der Waals surface area contributed by atoms with Gasteiger partial charge in [0.1, 0.15) is 6.61 Å². The Morgan fingerprint density at radius 3 is 2.21 bits per heavy atom. The molecule has 1 aromatic carbocycles. The number of aromatic nitrogens is 2. The molecule has 0 bridgehead atoms. The lowest BCUT2D eigenvalue weighted by atomic mass is 9.94. The highest BCUT2D eigenvalue weighted by Gasteiger charge is 2.47. The minimum absolute atomic E-state index is 0.0132. The van der Waals surface area contributed by atoms with Crippen molar-refractivity contribution >= 4 is 17.8 Å². The lowest BCUT2D eigenvalue weighted by molar-refractivity contribution is -0.192. The van der Waals surface area contributed by atoms with E-state index < -0.39 is 12.1 Å². The number of hydrogen-bond acceptors (Lipinski definition) is 9. The van der Waals surface area contributed by atoms with E-state index in [0.29, 0.717) is 37.5 Å². The highest BCUT2D eigenvalue weighted by Crippen LogP contribution is 2.49. The van der Waals surface area contributed by atoms with E-state index in [9.17, 15) is 18.0 Å². The summed E-state index contributed by atoms with van der Waals surface area (Å²) in [4.78, 5) is 32.6. The SMILES string of the molecule is COCCOCC(=O)N[C@@H]1c2ccccc2[C@@H]2CN(c3nc(OC)cc(OC)n3)C[C@H]12.O=C(O)C(F)(F)F. The van der Waals surface area contributed by atoms with Gasteiger partial charge in [-0.05, 0) is 11.1 Å². The molecule has 1 amide bonds. The Bertz CT molecular complexity index is 1100. The summed E-state index contributed by atoms with van der Waals surface area (Å²) in [7, 11) is 4.74. The number of rotatable bonds is 9. The molecule has 14 heteroatoms. The van der Waals surface area contributed by atoms with Crippen molar-refractivity contribution in [1.29, 1.82) is 0 Å². The molecule has 3 atom stereocenters. The van der Waals surface area contributed by atoms with Crippen LogP contribution in [0.15, 0.2) is 30.3 Å². The lowest BCUT2D eigenvalue weighted by Gasteiger charge is -2.23. The van der Waals surface area contributed by atoms with Crippen LogP contribution in [0.4, 0.5) is 19.1 Å². The molecule has 2 N–H and O–H groups in total. The first-order valence-corrected chi connectivity index (χ1v) is 11.6. The second kappa shape index (κ2) is 12.7. The number of halogens is 3. The number of carboxylic acids is 1. The standard InChI is InChI=1S/C22H28N4O5.C2HF3O2/c1-28-8-9-31-13-18(27)23-21-15-7-5-4-6-14(15)16-11-26(12-17(16)21)22-24-19(29-2)10-20(25-22)30-3;3-2(4,5)1(6)7/h4-7,10,16-17,21H,8-9,11-13H2,1-3H3,(H,23,27);(H,6,7)/t16-,17-,21+;/m0./s1. The normalized spacial score (nSPS) is 19.6. The quantitative estimate of drug-likeness (QED) is 0.455. The fraction of sp³-hybridized carbons (Fsp3) is 0.500. The topological polar surface area (TPSA) is 132 Å². The van der Waals surface area contributed by atoms with Gasteiger partial charge in [-0.1, -0.05) is 24.3 Å². The average Bonchev–Trinajstić information content (AvgIpc) is 3.45. The molecule has 1 fully saturated rings. The van der Waals surface area contributed by atoms with Gasteiger partial charge in [0, 0.05) is 32.0 Å². The molecule has 0 unspecified atom stereocenters. The molecule has 11 nitrogen and oxygen atoms in total. The van der Waals surface area contributed by atoms with E-state index in [-0.39, 0.29) is 30.4 Å². The molecule has 38 heavy (non-hydrogen) atoms. The molecule has 208 valence electrons. The lowest BCUT2D eigenvalue weighted by Crippen LogP contribution is -2.36. The maximum absolute atomic E-state index is 12.5. The average molecular weight is 543 g/mol. The Morgan fingerprint density at radius 2 is 1.66 bits per heavy atom. The van der Waals surface area contributed by atoms with E-state index in [4.69, 9.17) is 28.8 Å². The van der Waals surface area contributed by atoms with Crippen molar-refractivity contribution in [2.24, 2.45) is 5.92 Å². The van der Waals surface area contributed by atoms with Crippen LogP contribution in [0, 0.1) is 5.92 Å². The molecule has 2 aliphatic rings. The summed E-state index contributed by atoms with van der Waals surface area (Å²) in [5.41, 5.74) is 2.43. The summed E-state index contributed by atoms with van der Waals surface area (Å²) >= 11 is 0. The molecule has 0 spiro atoms. The largest absolute Gasteiger partial charge is 0.490 e. The van der Waals surface area contributed by atoms with Crippen molar-refractivity contribution in [3.63, 3.8) is 0 Å². The molecule has 1 aliphatic carbocycles. The molecule has 2 aromatic rings. The number of benzene rings is 1. The third-order valence-electron chi connectivity index (χ3n) is 6.12. The molecule has 0 saturated carbocycles. The molecule has 1 aliphatic heterocycles. The highest BCUT2D eigenvalue weighted by molar-refractivity contribution is 5.78. The maximum Gasteiger partial charge on any atom is 0.490 e. The minimum Gasteiger partial charge on any atom is -0.481 e. The van der Waals surface area contributed by atoms with E-state index >= 15 is 0 Å². The van der Waals surface area contributed by atoms with Crippen molar-refractivity contribution in [1.82, 2.24) is 15.3 Å². The zero-order valence-corrected chi connectivity index (χ0v) is 21.0. The van der Waals surface area contributed by atoms with Gasteiger partial charge >= 0.3 is 12.1 Å². The first-order valence-electron chi connectivity index (χ1n) is 11.6. The summed E-state index contributed by atoms with van der Waals surface area (Å²) in [5, 5.41) is 10.3. The number of carboxylic acid groups (broad SMARTS) is 1. The number of methoxy groups -OCH3 is 3. The summed E-state index contributed by atoms with van der Waals surface area (Å²) in [6.07, 6.45) is -5.08. The van der Waals surface area contributed by atoms with E-state index in [2.05, 4.69) is 32.3 Å². The van der Waals surface area contributed by atoms with Crippen LogP contribution in [0.5, 0.6) is 11.8 Å². The maximum atomic E-state index is 12.5. The minimum atomic E-state index is -5.08. The summed E-state index contributed by atoms with van der Waals surface area (Å²) in [6, 6.07) is 9.87. The predicted octanol–water partition coefficient (Wildman–Crippen LogP) is 2.18. The monoisotopic (exact) mass is 542 g/mol. The van der Waals surface area contributed by atoms with Crippen LogP contribution in [0.2, 0.25) is 0 Å². The third kappa shape index (κ3) is 7.01. The predicted molar refractivity (Wildman–Crippen MR) is 127 cm³/mol. The number of alkyl halides is 3. The molecular formula is C24H29F3N4O7. The second-order valence-electron chi connectivity index (χ2n) is 8.45. The van der Waals surface area contributed by atoms with Gasteiger partial charge in [-0.2, -0.15) is 23.1 Å². The van der Waals surface area contributed by atoms with Gasteiger partial charge in [0.15, 0.2) is 0 Å². The van der Waals surface area contributed by atoms with Gasteiger partial charge in [-0.3, -0.25) is 4.79 Å². The number of hydrogen-bond donors (Lipinski definition) is 2. The Labute approximate surface area is 216 Å². The molecule has 0 radical (unpaired) electrons. The van der Waals surface area contributed by atoms with Gasteiger partial charge in [-0.15, -0.1) is 0 Å². The van der Waals surface area contributed by atoms with Crippen LogP contribution in [0.1, 0.15) is 23.1 Å². The van der Waals surface area contributed by atoms with E-state index in [1.807, 2.05) is 12.1 Å². The number of nitrogens with one attached hydrogen (secondary N) is 1. The van der Waals surface area contributed by atoms with Crippen molar-refractivity contribution in [3.8, 4) is 11.8 Å². The summed E-state index contributed by atoms with van der Waals surface area (Å²) < 4.78 is 52.7. The number of anilines is 1. The van der Waals surface area contributed by atoms with Crippen LogP contribution in [0.25, 0.3) is 0 Å².